The molecule has 2 rings (SSSR count). The number of carbonyl (C=O) groups is 1. The molecule has 0 radical (unpaired) electrons. The molecule has 2 aromatic rings. The van der Waals surface area contributed by atoms with Crippen LogP contribution in [0.25, 0.3) is 0 Å². The molecule has 0 saturated carbocycles. The van der Waals surface area contributed by atoms with Crippen molar-refractivity contribution in [2.75, 3.05) is 6.61 Å². The van der Waals surface area contributed by atoms with E-state index in [1.165, 1.54) is 12.1 Å². The van der Waals surface area contributed by atoms with Gasteiger partial charge in [-0.15, -0.1) is 0 Å². The molecule has 0 atom stereocenters. The van der Waals surface area contributed by atoms with Gasteiger partial charge in [0, 0.05) is 5.56 Å². The molecular formula is C17H16FNO4. The van der Waals surface area contributed by atoms with Crippen molar-refractivity contribution in [3.05, 3.63) is 65.5 Å². The largest absolute Gasteiger partial charge is 0.482 e. The molecule has 0 fully saturated rings. The predicted octanol–water partition coefficient (Wildman–Crippen LogP) is 3.23. The van der Waals surface area contributed by atoms with Gasteiger partial charge in [0.25, 0.3) is 0 Å². The Morgan fingerprint density at radius 1 is 1.22 bits per heavy atom. The molecule has 1 N–H and O–H groups in total. The molecule has 0 aliphatic heterocycles. The number of halogens is 1. The van der Waals surface area contributed by atoms with Gasteiger partial charge in [0.1, 0.15) is 18.2 Å². The second kappa shape index (κ2) is 7.93. The minimum atomic E-state index is -1.04. The van der Waals surface area contributed by atoms with Crippen LogP contribution in [-0.2, 0) is 16.2 Å². The molecule has 0 spiro atoms. The molecular weight excluding hydrogens is 301 g/mol. The van der Waals surface area contributed by atoms with E-state index >= 15 is 0 Å². The molecule has 0 heterocycles. The fraction of sp³-hybridized carbons (Fsp3) is 0.176. The molecule has 0 saturated heterocycles. The highest BCUT2D eigenvalue weighted by Gasteiger charge is 2.03. The van der Waals surface area contributed by atoms with E-state index in [9.17, 15) is 9.18 Å². The maximum Gasteiger partial charge on any atom is 0.341 e. The van der Waals surface area contributed by atoms with Crippen molar-refractivity contribution in [3.63, 3.8) is 0 Å². The van der Waals surface area contributed by atoms with Crippen LogP contribution in [0.5, 0.6) is 5.75 Å². The Hall–Kier alpha value is -2.89. The number of benzene rings is 2. The van der Waals surface area contributed by atoms with Crippen LogP contribution in [0.3, 0.4) is 0 Å². The van der Waals surface area contributed by atoms with Crippen molar-refractivity contribution in [1.29, 1.82) is 0 Å². The summed E-state index contributed by atoms with van der Waals surface area (Å²) in [5.41, 5.74) is 2.18. The van der Waals surface area contributed by atoms with Crippen molar-refractivity contribution in [2.45, 2.75) is 13.5 Å². The Labute approximate surface area is 133 Å². The van der Waals surface area contributed by atoms with Crippen molar-refractivity contribution in [1.82, 2.24) is 0 Å². The normalized spacial score (nSPS) is 11.1. The van der Waals surface area contributed by atoms with Crippen LogP contribution in [0.2, 0.25) is 0 Å². The Kier molecular flexibility index (Phi) is 5.68. The third-order valence-electron chi connectivity index (χ3n) is 2.96. The first-order chi connectivity index (χ1) is 11.0. The van der Waals surface area contributed by atoms with Crippen LogP contribution < -0.4 is 4.74 Å². The standard InChI is InChI=1S/C17H16FNO4/c1-12(19-23-10-13-5-7-15(18)8-6-13)14-3-2-4-16(9-14)22-11-17(20)21/h2-9H,10-11H2,1H3,(H,20,21)/b19-12+. The summed E-state index contributed by atoms with van der Waals surface area (Å²) in [6, 6.07) is 12.9. The molecule has 0 amide bonds. The number of carboxylic acids is 1. The molecule has 5 nitrogen and oxygen atoms in total. The Morgan fingerprint density at radius 3 is 2.65 bits per heavy atom. The Morgan fingerprint density at radius 2 is 1.96 bits per heavy atom. The molecule has 0 unspecified atom stereocenters. The van der Waals surface area contributed by atoms with Crippen molar-refractivity contribution < 1.29 is 23.9 Å². The van der Waals surface area contributed by atoms with Crippen molar-refractivity contribution in [2.24, 2.45) is 5.16 Å². The Balaban J connectivity index is 1.95. The fourth-order valence-electron chi connectivity index (χ4n) is 1.79. The number of ether oxygens (including phenoxy) is 1. The maximum atomic E-state index is 12.8. The van der Waals surface area contributed by atoms with Crippen molar-refractivity contribution in [3.8, 4) is 5.75 Å². The van der Waals surface area contributed by atoms with E-state index in [4.69, 9.17) is 14.7 Å². The molecule has 0 bridgehead atoms. The number of oxime groups is 1. The molecule has 23 heavy (non-hydrogen) atoms. The summed E-state index contributed by atoms with van der Waals surface area (Å²) in [5, 5.41) is 12.6. The minimum absolute atomic E-state index is 0.229. The highest BCUT2D eigenvalue weighted by atomic mass is 19.1. The van der Waals surface area contributed by atoms with Gasteiger partial charge < -0.3 is 14.7 Å². The molecule has 2 aromatic carbocycles. The quantitative estimate of drug-likeness (QED) is 0.629. The third-order valence-corrected chi connectivity index (χ3v) is 2.96. The third kappa shape index (κ3) is 5.43. The van der Waals surface area contributed by atoms with E-state index in [0.29, 0.717) is 11.5 Å². The lowest BCUT2D eigenvalue weighted by molar-refractivity contribution is -0.139. The minimum Gasteiger partial charge on any atom is -0.482 e. The lowest BCUT2D eigenvalue weighted by atomic mass is 10.1. The number of hydrogen-bond donors (Lipinski definition) is 1. The number of rotatable bonds is 7. The smallest absolute Gasteiger partial charge is 0.341 e. The van der Waals surface area contributed by atoms with Crippen molar-refractivity contribution >= 4 is 11.7 Å². The van der Waals surface area contributed by atoms with Gasteiger partial charge in [-0.05, 0) is 36.8 Å². The van der Waals surface area contributed by atoms with Crippen LogP contribution in [0.15, 0.2) is 53.7 Å². The second-order valence-corrected chi connectivity index (χ2v) is 4.79. The van der Waals surface area contributed by atoms with Crippen LogP contribution >= 0.6 is 0 Å². The first-order valence-corrected chi connectivity index (χ1v) is 6.90. The van der Waals surface area contributed by atoms with Gasteiger partial charge in [0.15, 0.2) is 6.61 Å². The van der Waals surface area contributed by atoms with Gasteiger partial charge in [-0.2, -0.15) is 0 Å². The molecule has 0 aliphatic carbocycles. The number of hydrogen-bond acceptors (Lipinski definition) is 4. The zero-order valence-electron chi connectivity index (χ0n) is 12.5. The zero-order chi connectivity index (χ0) is 16.7. The lowest BCUT2D eigenvalue weighted by Crippen LogP contribution is -2.09. The summed E-state index contributed by atoms with van der Waals surface area (Å²) >= 11 is 0. The van der Waals surface area contributed by atoms with E-state index in [1.54, 1.807) is 37.3 Å². The summed E-state index contributed by atoms with van der Waals surface area (Å²) in [7, 11) is 0. The van der Waals surface area contributed by atoms with Gasteiger partial charge >= 0.3 is 5.97 Å². The van der Waals surface area contributed by atoms with E-state index in [1.807, 2.05) is 6.07 Å². The van der Waals surface area contributed by atoms with Crippen LogP contribution in [0.1, 0.15) is 18.1 Å². The first kappa shape index (κ1) is 16.5. The highest BCUT2D eigenvalue weighted by Crippen LogP contribution is 2.14. The average Bonchev–Trinajstić information content (AvgIpc) is 2.55. The SMILES string of the molecule is C/C(=N\OCc1ccc(F)cc1)c1cccc(OCC(=O)O)c1. The second-order valence-electron chi connectivity index (χ2n) is 4.79. The lowest BCUT2D eigenvalue weighted by Gasteiger charge is -2.06. The summed E-state index contributed by atoms with van der Waals surface area (Å²) in [6.45, 7) is 1.59. The van der Waals surface area contributed by atoms with E-state index in [0.717, 1.165) is 11.1 Å². The van der Waals surface area contributed by atoms with Crippen LogP contribution in [0.4, 0.5) is 4.39 Å². The number of carboxylic acid groups (broad SMARTS) is 1. The van der Waals surface area contributed by atoms with E-state index in [-0.39, 0.29) is 12.4 Å². The summed E-state index contributed by atoms with van der Waals surface area (Å²) in [6.07, 6.45) is 0. The Bertz CT molecular complexity index is 698. The summed E-state index contributed by atoms with van der Waals surface area (Å²) < 4.78 is 17.9. The summed E-state index contributed by atoms with van der Waals surface area (Å²) in [5.74, 6) is -0.895. The average molecular weight is 317 g/mol. The molecule has 120 valence electrons. The summed E-state index contributed by atoms with van der Waals surface area (Å²) in [4.78, 5) is 15.7. The fourth-order valence-corrected chi connectivity index (χ4v) is 1.79. The van der Waals surface area contributed by atoms with Gasteiger partial charge in [-0.3, -0.25) is 0 Å². The molecule has 0 aromatic heterocycles. The predicted molar refractivity (Wildman–Crippen MR) is 83.0 cm³/mol. The van der Waals surface area contributed by atoms with Gasteiger partial charge in [0.2, 0.25) is 0 Å². The zero-order valence-corrected chi connectivity index (χ0v) is 12.5. The van der Waals surface area contributed by atoms with E-state index in [2.05, 4.69) is 5.16 Å². The molecule has 6 heteroatoms. The van der Waals surface area contributed by atoms with Crippen LogP contribution in [0, 0.1) is 5.82 Å². The van der Waals surface area contributed by atoms with E-state index < -0.39 is 12.6 Å². The number of aliphatic carboxylic acids is 1. The van der Waals surface area contributed by atoms with Gasteiger partial charge in [-0.25, -0.2) is 9.18 Å². The highest BCUT2D eigenvalue weighted by molar-refractivity contribution is 5.98. The van der Waals surface area contributed by atoms with Crippen LogP contribution in [-0.4, -0.2) is 23.4 Å². The molecule has 0 aliphatic rings. The maximum absolute atomic E-state index is 12.8. The topological polar surface area (TPSA) is 68.1 Å². The number of nitrogens with zero attached hydrogens (tertiary/aromatic N) is 1. The van der Waals surface area contributed by atoms with Gasteiger partial charge in [-0.1, -0.05) is 29.4 Å². The monoisotopic (exact) mass is 317 g/mol. The van der Waals surface area contributed by atoms with Gasteiger partial charge in [0.05, 0.1) is 5.71 Å². The first-order valence-electron chi connectivity index (χ1n) is 6.90.